The lowest BCUT2D eigenvalue weighted by Crippen LogP contribution is -2.35. The molecule has 0 radical (unpaired) electrons. The average molecular weight is 362 g/mol. The minimum Gasteiger partial charge on any atom is -0.352 e. The summed E-state index contributed by atoms with van der Waals surface area (Å²) in [5.74, 6) is -0.206. The molecule has 7 heteroatoms. The first-order valence-electron chi connectivity index (χ1n) is 7.48. The second-order valence-corrected chi connectivity index (χ2v) is 7.22. The summed E-state index contributed by atoms with van der Waals surface area (Å²) in [5.41, 5.74) is 1.41. The molecule has 0 bridgehead atoms. The Kier molecular flexibility index (Phi) is 4.69. The minimum absolute atomic E-state index is 0.0307. The molecule has 0 aliphatic heterocycles. The number of benzene rings is 1. The maximum absolute atomic E-state index is 12.6. The Labute approximate surface area is 147 Å². The molecule has 1 amide bonds. The van der Waals surface area contributed by atoms with E-state index in [1.165, 1.54) is 22.2 Å². The fourth-order valence-electron chi connectivity index (χ4n) is 2.34. The molecule has 0 aliphatic rings. The van der Waals surface area contributed by atoms with Crippen LogP contribution in [0.25, 0.3) is 20.7 Å². The van der Waals surface area contributed by atoms with Crippen molar-refractivity contribution in [2.75, 3.05) is 0 Å². The highest BCUT2D eigenvalue weighted by atomic mass is 35.5. The SMILES string of the molecule is CC(C)NC(=O)Cn1cnc2cc(-c3ccc(Cl)cc3)sc2c1=O. The van der Waals surface area contributed by atoms with Crippen LogP contribution in [-0.2, 0) is 11.3 Å². The number of nitrogens with zero attached hydrogens (tertiary/aromatic N) is 2. The van der Waals surface area contributed by atoms with Gasteiger partial charge in [0.1, 0.15) is 11.2 Å². The molecule has 5 nitrogen and oxygen atoms in total. The average Bonchev–Trinajstić information content (AvgIpc) is 2.95. The third-order valence-corrected chi connectivity index (χ3v) is 4.81. The Morgan fingerprint density at radius 3 is 2.71 bits per heavy atom. The number of carbonyl (C=O) groups excluding carboxylic acids is 1. The van der Waals surface area contributed by atoms with Crippen LogP contribution in [0.5, 0.6) is 0 Å². The zero-order valence-corrected chi connectivity index (χ0v) is 14.8. The zero-order valence-electron chi connectivity index (χ0n) is 13.2. The lowest BCUT2D eigenvalue weighted by molar-refractivity contribution is -0.122. The molecule has 1 N–H and O–H groups in total. The van der Waals surface area contributed by atoms with Gasteiger partial charge in [0.2, 0.25) is 5.91 Å². The Balaban J connectivity index is 1.96. The van der Waals surface area contributed by atoms with E-state index in [0.29, 0.717) is 15.2 Å². The van der Waals surface area contributed by atoms with Crippen molar-refractivity contribution in [1.29, 1.82) is 0 Å². The number of carbonyl (C=O) groups is 1. The van der Waals surface area contributed by atoms with Crippen molar-refractivity contribution in [2.45, 2.75) is 26.4 Å². The first kappa shape index (κ1) is 16.7. The summed E-state index contributed by atoms with van der Waals surface area (Å²) in [6.45, 7) is 3.72. The normalized spacial score (nSPS) is 11.2. The van der Waals surface area contributed by atoms with E-state index in [4.69, 9.17) is 11.6 Å². The van der Waals surface area contributed by atoms with Crippen LogP contribution >= 0.6 is 22.9 Å². The quantitative estimate of drug-likeness (QED) is 0.775. The molecule has 2 heterocycles. The van der Waals surface area contributed by atoms with E-state index >= 15 is 0 Å². The van der Waals surface area contributed by atoms with Gasteiger partial charge in [-0.3, -0.25) is 14.2 Å². The van der Waals surface area contributed by atoms with E-state index in [9.17, 15) is 9.59 Å². The fourth-order valence-corrected chi connectivity index (χ4v) is 3.53. The van der Waals surface area contributed by atoms with Gasteiger partial charge in [-0.05, 0) is 37.6 Å². The highest BCUT2D eigenvalue weighted by Gasteiger charge is 2.12. The highest BCUT2D eigenvalue weighted by molar-refractivity contribution is 7.22. The topological polar surface area (TPSA) is 64.0 Å². The molecule has 0 fully saturated rings. The summed E-state index contributed by atoms with van der Waals surface area (Å²) in [5, 5.41) is 3.43. The van der Waals surface area contributed by atoms with Crippen LogP contribution in [0, 0.1) is 0 Å². The van der Waals surface area contributed by atoms with Crippen LogP contribution in [0.15, 0.2) is 41.5 Å². The van der Waals surface area contributed by atoms with E-state index < -0.39 is 0 Å². The van der Waals surface area contributed by atoms with Crippen LogP contribution in [0.3, 0.4) is 0 Å². The van der Waals surface area contributed by atoms with Crippen molar-refractivity contribution in [2.24, 2.45) is 0 Å². The number of rotatable bonds is 4. The standard InChI is InChI=1S/C17H16ClN3O2S/c1-10(2)20-15(22)8-21-9-19-13-7-14(24-16(13)17(21)23)11-3-5-12(18)6-4-11/h3-7,9-10H,8H2,1-2H3,(H,20,22). The fraction of sp³-hybridized carbons (Fsp3) is 0.235. The predicted octanol–water partition coefficient (Wildman–Crippen LogP) is 3.30. The monoisotopic (exact) mass is 361 g/mol. The number of halogens is 1. The van der Waals surface area contributed by atoms with Gasteiger partial charge in [0.25, 0.3) is 5.56 Å². The van der Waals surface area contributed by atoms with Crippen LogP contribution in [0.1, 0.15) is 13.8 Å². The third kappa shape index (κ3) is 3.49. The Bertz CT molecular complexity index is 945. The van der Waals surface area contributed by atoms with E-state index in [0.717, 1.165) is 10.4 Å². The van der Waals surface area contributed by atoms with E-state index in [1.807, 2.05) is 44.2 Å². The zero-order chi connectivity index (χ0) is 17.3. The molecule has 0 atom stereocenters. The molecule has 0 saturated carbocycles. The molecule has 0 unspecified atom stereocenters. The number of hydrogen-bond acceptors (Lipinski definition) is 4. The summed E-state index contributed by atoms with van der Waals surface area (Å²) >= 11 is 7.28. The second-order valence-electron chi connectivity index (χ2n) is 5.73. The van der Waals surface area contributed by atoms with Crippen molar-refractivity contribution in [3.63, 3.8) is 0 Å². The number of fused-ring (bicyclic) bond motifs is 1. The van der Waals surface area contributed by atoms with Crippen molar-refractivity contribution >= 4 is 39.1 Å². The molecule has 24 heavy (non-hydrogen) atoms. The minimum atomic E-state index is -0.206. The molecular formula is C17H16ClN3O2S. The number of amides is 1. The molecular weight excluding hydrogens is 346 g/mol. The van der Waals surface area contributed by atoms with Crippen LogP contribution in [0.2, 0.25) is 5.02 Å². The van der Waals surface area contributed by atoms with Gasteiger partial charge in [-0.1, -0.05) is 23.7 Å². The summed E-state index contributed by atoms with van der Waals surface area (Å²) < 4.78 is 1.88. The number of aromatic nitrogens is 2. The van der Waals surface area contributed by atoms with Gasteiger partial charge in [-0.25, -0.2) is 4.98 Å². The molecule has 0 spiro atoms. The maximum atomic E-state index is 12.6. The van der Waals surface area contributed by atoms with Gasteiger partial charge in [0.05, 0.1) is 11.8 Å². The van der Waals surface area contributed by atoms with Crippen molar-refractivity contribution in [3.05, 3.63) is 52.0 Å². The summed E-state index contributed by atoms with van der Waals surface area (Å²) in [4.78, 5) is 29.7. The first-order chi connectivity index (χ1) is 11.4. The van der Waals surface area contributed by atoms with Gasteiger partial charge in [0.15, 0.2) is 0 Å². The summed E-state index contributed by atoms with van der Waals surface area (Å²) in [6, 6.07) is 9.34. The van der Waals surface area contributed by atoms with Crippen LogP contribution < -0.4 is 10.9 Å². The molecule has 124 valence electrons. The van der Waals surface area contributed by atoms with E-state index in [-0.39, 0.29) is 24.1 Å². The van der Waals surface area contributed by atoms with Gasteiger partial charge in [-0.2, -0.15) is 0 Å². The lowest BCUT2D eigenvalue weighted by Gasteiger charge is -2.09. The molecule has 1 aromatic carbocycles. The van der Waals surface area contributed by atoms with Crippen molar-refractivity contribution in [3.8, 4) is 10.4 Å². The van der Waals surface area contributed by atoms with Gasteiger partial charge in [0, 0.05) is 15.9 Å². The third-order valence-electron chi connectivity index (χ3n) is 3.40. The Morgan fingerprint density at radius 2 is 2.04 bits per heavy atom. The largest absolute Gasteiger partial charge is 0.352 e. The molecule has 0 aliphatic carbocycles. The van der Waals surface area contributed by atoms with E-state index in [2.05, 4.69) is 10.3 Å². The summed E-state index contributed by atoms with van der Waals surface area (Å²) in [7, 11) is 0. The maximum Gasteiger partial charge on any atom is 0.271 e. The van der Waals surface area contributed by atoms with Crippen molar-refractivity contribution in [1.82, 2.24) is 14.9 Å². The summed E-state index contributed by atoms with van der Waals surface area (Å²) in [6.07, 6.45) is 1.42. The number of thiophene rings is 1. The van der Waals surface area contributed by atoms with Crippen LogP contribution in [0.4, 0.5) is 0 Å². The van der Waals surface area contributed by atoms with E-state index in [1.54, 1.807) is 0 Å². The highest BCUT2D eigenvalue weighted by Crippen LogP contribution is 2.31. The molecule has 3 aromatic rings. The van der Waals surface area contributed by atoms with Gasteiger partial charge < -0.3 is 5.32 Å². The lowest BCUT2D eigenvalue weighted by atomic mass is 10.2. The van der Waals surface area contributed by atoms with Gasteiger partial charge >= 0.3 is 0 Å². The first-order valence-corrected chi connectivity index (χ1v) is 8.68. The number of nitrogens with one attached hydrogen (secondary N) is 1. The number of hydrogen-bond donors (Lipinski definition) is 1. The van der Waals surface area contributed by atoms with Crippen molar-refractivity contribution < 1.29 is 4.79 Å². The van der Waals surface area contributed by atoms with Crippen LogP contribution in [-0.4, -0.2) is 21.5 Å². The molecule has 2 aromatic heterocycles. The second kappa shape index (κ2) is 6.75. The smallest absolute Gasteiger partial charge is 0.271 e. The molecule has 3 rings (SSSR count). The Hall–Kier alpha value is -2.18. The van der Waals surface area contributed by atoms with Gasteiger partial charge in [-0.15, -0.1) is 11.3 Å². The Morgan fingerprint density at radius 1 is 1.33 bits per heavy atom. The molecule has 0 saturated heterocycles. The predicted molar refractivity (Wildman–Crippen MR) is 97.6 cm³/mol.